The Labute approximate surface area is 118 Å². The van der Waals surface area contributed by atoms with E-state index < -0.39 is 19.2 Å². The molecule has 0 aliphatic heterocycles. The summed E-state index contributed by atoms with van der Waals surface area (Å²) < 4.78 is 43.5. The van der Waals surface area contributed by atoms with Gasteiger partial charge in [0.15, 0.2) is 6.29 Å². The van der Waals surface area contributed by atoms with Crippen LogP contribution in [0, 0.1) is 0 Å². The van der Waals surface area contributed by atoms with Gasteiger partial charge in [0, 0.05) is 5.92 Å². The van der Waals surface area contributed by atoms with E-state index in [1.165, 1.54) is 6.20 Å². The van der Waals surface area contributed by atoms with Crippen LogP contribution in [0.1, 0.15) is 41.2 Å². The molecule has 1 fully saturated rings. The molecule has 2 aromatic rings. The summed E-state index contributed by atoms with van der Waals surface area (Å²) in [6, 6.07) is 3.26. The van der Waals surface area contributed by atoms with Crippen molar-refractivity contribution in [2.75, 3.05) is 6.61 Å². The van der Waals surface area contributed by atoms with Crippen LogP contribution in [0.5, 0.6) is 5.75 Å². The summed E-state index contributed by atoms with van der Waals surface area (Å²) in [5, 5.41) is 4.15. The van der Waals surface area contributed by atoms with Crippen LogP contribution in [-0.2, 0) is 0 Å². The van der Waals surface area contributed by atoms with Crippen LogP contribution in [-0.4, -0.2) is 28.7 Å². The SMILES string of the molecule is O=Cc1cnn2c(C3CC3)c(OCCC(F)(F)F)ccc12. The molecule has 1 saturated carbocycles. The van der Waals surface area contributed by atoms with Gasteiger partial charge in [0.05, 0.1) is 36.0 Å². The summed E-state index contributed by atoms with van der Waals surface area (Å²) in [6.07, 6.45) is -1.17. The zero-order chi connectivity index (χ0) is 15.0. The molecule has 7 heteroatoms. The van der Waals surface area contributed by atoms with Gasteiger partial charge in [-0.15, -0.1) is 0 Å². The number of pyridine rings is 1. The predicted molar refractivity (Wildman–Crippen MR) is 68.7 cm³/mol. The number of carbonyl (C=O) groups is 1. The topological polar surface area (TPSA) is 43.6 Å². The molecular weight excluding hydrogens is 285 g/mol. The molecule has 0 aromatic carbocycles. The average Bonchev–Trinajstić information content (AvgIpc) is 3.16. The number of alkyl halides is 3. The van der Waals surface area contributed by atoms with Gasteiger partial charge in [-0.05, 0) is 25.0 Å². The number of halogens is 3. The van der Waals surface area contributed by atoms with Crippen molar-refractivity contribution in [1.29, 1.82) is 0 Å². The number of rotatable bonds is 5. The number of aldehydes is 1. The van der Waals surface area contributed by atoms with Crippen molar-refractivity contribution in [2.24, 2.45) is 0 Å². The van der Waals surface area contributed by atoms with Crippen LogP contribution >= 0.6 is 0 Å². The van der Waals surface area contributed by atoms with Gasteiger partial charge in [-0.1, -0.05) is 0 Å². The molecule has 3 rings (SSSR count). The summed E-state index contributed by atoms with van der Waals surface area (Å²) in [5.74, 6) is 0.642. The van der Waals surface area contributed by atoms with E-state index in [-0.39, 0.29) is 5.92 Å². The summed E-state index contributed by atoms with van der Waals surface area (Å²) >= 11 is 0. The second-order valence-corrected chi connectivity index (χ2v) is 5.09. The van der Waals surface area contributed by atoms with Gasteiger partial charge in [-0.25, -0.2) is 4.52 Å². The molecule has 2 aromatic heterocycles. The summed E-state index contributed by atoms with van der Waals surface area (Å²) in [4.78, 5) is 10.9. The minimum Gasteiger partial charge on any atom is -0.491 e. The van der Waals surface area contributed by atoms with E-state index in [1.54, 1.807) is 16.6 Å². The fraction of sp³-hybridized carbons (Fsp3) is 0.429. The molecule has 2 heterocycles. The lowest BCUT2D eigenvalue weighted by atomic mass is 10.2. The first-order chi connectivity index (χ1) is 9.99. The third kappa shape index (κ3) is 2.86. The Morgan fingerprint density at radius 1 is 1.38 bits per heavy atom. The Kier molecular flexibility index (Phi) is 3.35. The maximum Gasteiger partial charge on any atom is 0.392 e. The van der Waals surface area contributed by atoms with Crippen molar-refractivity contribution in [1.82, 2.24) is 9.61 Å². The summed E-state index contributed by atoms with van der Waals surface area (Å²) in [5.41, 5.74) is 1.86. The molecule has 0 spiro atoms. The van der Waals surface area contributed by atoms with Gasteiger partial charge in [0.2, 0.25) is 0 Å². The Morgan fingerprint density at radius 3 is 2.76 bits per heavy atom. The minimum atomic E-state index is -4.24. The second kappa shape index (κ2) is 5.05. The average molecular weight is 298 g/mol. The van der Waals surface area contributed by atoms with E-state index in [4.69, 9.17) is 4.74 Å². The Balaban J connectivity index is 1.91. The van der Waals surface area contributed by atoms with Crippen LogP contribution in [0.2, 0.25) is 0 Å². The number of hydrogen-bond donors (Lipinski definition) is 0. The molecule has 0 atom stereocenters. The molecule has 0 saturated heterocycles. The fourth-order valence-electron chi connectivity index (χ4n) is 2.29. The lowest BCUT2D eigenvalue weighted by molar-refractivity contribution is -0.139. The predicted octanol–water partition coefficient (Wildman–Crippen LogP) is 3.36. The summed E-state index contributed by atoms with van der Waals surface area (Å²) in [7, 11) is 0. The highest BCUT2D eigenvalue weighted by Gasteiger charge is 2.31. The third-order valence-electron chi connectivity index (χ3n) is 3.44. The highest BCUT2D eigenvalue weighted by Crippen LogP contribution is 2.44. The van der Waals surface area contributed by atoms with Gasteiger partial charge in [-0.2, -0.15) is 18.3 Å². The molecule has 4 nitrogen and oxygen atoms in total. The number of fused-ring (bicyclic) bond motifs is 1. The molecule has 0 N–H and O–H groups in total. The van der Waals surface area contributed by atoms with Crippen LogP contribution < -0.4 is 4.74 Å². The third-order valence-corrected chi connectivity index (χ3v) is 3.44. The van der Waals surface area contributed by atoms with E-state index in [1.807, 2.05) is 0 Å². The smallest absolute Gasteiger partial charge is 0.392 e. The Hall–Kier alpha value is -2.05. The fourth-order valence-corrected chi connectivity index (χ4v) is 2.29. The molecule has 0 amide bonds. The van der Waals surface area contributed by atoms with Crippen LogP contribution in [0.15, 0.2) is 18.3 Å². The second-order valence-electron chi connectivity index (χ2n) is 5.09. The van der Waals surface area contributed by atoms with E-state index in [0.717, 1.165) is 18.5 Å². The van der Waals surface area contributed by atoms with Crippen LogP contribution in [0.25, 0.3) is 5.52 Å². The first kappa shape index (κ1) is 13.9. The minimum absolute atomic E-state index is 0.231. The zero-order valence-corrected chi connectivity index (χ0v) is 11.1. The van der Waals surface area contributed by atoms with Gasteiger partial charge >= 0.3 is 6.18 Å². The largest absolute Gasteiger partial charge is 0.491 e. The molecule has 0 radical (unpaired) electrons. The summed E-state index contributed by atoms with van der Waals surface area (Å²) in [6.45, 7) is -0.420. The molecule has 112 valence electrons. The maximum absolute atomic E-state index is 12.2. The van der Waals surface area contributed by atoms with Crippen LogP contribution in [0.3, 0.4) is 0 Å². The number of carbonyl (C=O) groups excluding carboxylic acids is 1. The number of nitrogens with zero attached hydrogens (tertiary/aromatic N) is 2. The first-order valence-electron chi connectivity index (χ1n) is 6.65. The van der Waals surface area contributed by atoms with E-state index in [9.17, 15) is 18.0 Å². The maximum atomic E-state index is 12.2. The lowest BCUT2D eigenvalue weighted by Gasteiger charge is -2.13. The van der Waals surface area contributed by atoms with Gasteiger partial charge in [-0.3, -0.25) is 4.79 Å². The van der Waals surface area contributed by atoms with Crippen molar-refractivity contribution in [3.63, 3.8) is 0 Å². The van der Waals surface area contributed by atoms with Gasteiger partial charge in [0.25, 0.3) is 0 Å². The van der Waals surface area contributed by atoms with E-state index >= 15 is 0 Å². The molecule has 21 heavy (non-hydrogen) atoms. The first-order valence-corrected chi connectivity index (χ1v) is 6.65. The highest BCUT2D eigenvalue weighted by atomic mass is 19.4. The van der Waals surface area contributed by atoms with Crippen molar-refractivity contribution in [2.45, 2.75) is 31.4 Å². The number of ether oxygens (including phenoxy) is 1. The lowest BCUT2D eigenvalue weighted by Crippen LogP contribution is -2.14. The Bertz CT molecular complexity index is 675. The number of aromatic nitrogens is 2. The van der Waals surface area contributed by atoms with Crippen molar-refractivity contribution in [3.05, 3.63) is 29.6 Å². The monoisotopic (exact) mass is 298 g/mol. The van der Waals surface area contributed by atoms with Gasteiger partial charge < -0.3 is 4.74 Å². The normalized spacial score (nSPS) is 15.4. The molecule has 1 aliphatic carbocycles. The number of hydrogen-bond acceptors (Lipinski definition) is 3. The van der Waals surface area contributed by atoms with E-state index in [0.29, 0.717) is 23.1 Å². The van der Waals surface area contributed by atoms with Crippen molar-refractivity contribution >= 4 is 11.8 Å². The van der Waals surface area contributed by atoms with Crippen molar-refractivity contribution < 1.29 is 22.7 Å². The van der Waals surface area contributed by atoms with Crippen molar-refractivity contribution in [3.8, 4) is 5.75 Å². The highest BCUT2D eigenvalue weighted by molar-refractivity contribution is 5.85. The van der Waals surface area contributed by atoms with Crippen LogP contribution in [0.4, 0.5) is 13.2 Å². The zero-order valence-electron chi connectivity index (χ0n) is 11.1. The molecule has 1 aliphatic rings. The Morgan fingerprint density at radius 2 is 2.14 bits per heavy atom. The molecular formula is C14H13F3N2O2. The van der Waals surface area contributed by atoms with E-state index in [2.05, 4.69) is 5.10 Å². The molecule has 0 bridgehead atoms. The van der Waals surface area contributed by atoms with Gasteiger partial charge in [0.1, 0.15) is 5.75 Å². The standard InChI is InChI=1S/C14H13F3N2O2/c15-14(16,17)5-6-21-12-4-3-11-10(8-20)7-18-19(11)13(12)9-1-2-9/h3-4,7-9H,1-2,5-6H2. The quantitative estimate of drug-likeness (QED) is 0.795. The molecule has 0 unspecified atom stereocenters.